The van der Waals surface area contributed by atoms with E-state index in [2.05, 4.69) is 9.97 Å². The fourth-order valence-electron chi connectivity index (χ4n) is 1.93. The van der Waals surface area contributed by atoms with E-state index in [-0.39, 0.29) is 0 Å². The first-order chi connectivity index (χ1) is 9.43. The van der Waals surface area contributed by atoms with Gasteiger partial charge in [-0.2, -0.15) is 0 Å². The summed E-state index contributed by atoms with van der Waals surface area (Å²) in [5, 5.41) is 0. The minimum atomic E-state index is 0.595. The molecule has 1 aliphatic rings. The van der Waals surface area contributed by atoms with E-state index in [0.717, 1.165) is 31.0 Å². The molecule has 0 saturated carbocycles. The highest BCUT2D eigenvalue weighted by Crippen LogP contribution is 2.54. The number of thiophene rings is 1. The Labute approximate surface area is 121 Å². The van der Waals surface area contributed by atoms with E-state index < -0.39 is 0 Å². The lowest BCUT2D eigenvalue weighted by Gasteiger charge is -2.16. The minimum Gasteiger partial charge on any atom is -0.485 e. The molecule has 0 N–H and O–H groups in total. The molecule has 7 heteroatoms. The number of nitrogens with zero attached hydrogens (tertiary/aromatic N) is 2. The lowest BCUT2D eigenvalue weighted by molar-refractivity contribution is 0.175. The molecule has 0 unspecified atom stereocenters. The Morgan fingerprint density at radius 1 is 0.842 bits per heavy atom. The van der Waals surface area contributed by atoms with Gasteiger partial charge in [0, 0.05) is 12.4 Å². The highest BCUT2D eigenvalue weighted by atomic mass is 32.1. The SMILES string of the molecule is c1ncc(-c2sc(-c3cncs3)c3c2OCCO3)s1. The molecule has 0 aromatic carbocycles. The molecule has 19 heavy (non-hydrogen) atoms. The van der Waals surface area contributed by atoms with Crippen molar-refractivity contribution < 1.29 is 9.47 Å². The maximum atomic E-state index is 5.81. The first-order valence-corrected chi connectivity index (χ1v) is 8.21. The Morgan fingerprint density at radius 2 is 1.37 bits per heavy atom. The van der Waals surface area contributed by atoms with Gasteiger partial charge in [-0.25, -0.2) is 0 Å². The van der Waals surface area contributed by atoms with E-state index in [1.54, 1.807) is 34.0 Å². The van der Waals surface area contributed by atoms with Crippen LogP contribution in [0.1, 0.15) is 0 Å². The molecule has 0 radical (unpaired) electrons. The van der Waals surface area contributed by atoms with Crippen LogP contribution < -0.4 is 9.47 Å². The third kappa shape index (κ3) is 1.85. The number of hydrogen-bond donors (Lipinski definition) is 0. The average Bonchev–Trinajstić information content (AvgIpc) is 3.18. The fourth-order valence-corrected chi connectivity index (χ4v) is 4.58. The standard InChI is InChI=1S/C12H8N2O2S3/c1-2-16-10-9(15-1)11(7-3-13-5-17-7)19-12(10)8-4-14-6-18-8/h3-6H,1-2H2. The smallest absolute Gasteiger partial charge is 0.181 e. The van der Waals surface area contributed by atoms with Crippen molar-refractivity contribution in [1.82, 2.24) is 9.97 Å². The van der Waals surface area contributed by atoms with Gasteiger partial charge in [-0.3, -0.25) is 9.97 Å². The largest absolute Gasteiger partial charge is 0.485 e. The molecule has 0 saturated heterocycles. The molecule has 0 amide bonds. The third-order valence-corrected chi connectivity index (χ3v) is 5.77. The van der Waals surface area contributed by atoms with E-state index in [1.807, 2.05) is 23.4 Å². The molecule has 1 aliphatic heterocycles. The topological polar surface area (TPSA) is 44.2 Å². The van der Waals surface area contributed by atoms with Crippen LogP contribution >= 0.6 is 34.0 Å². The second-order valence-corrected chi connectivity index (χ2v) is 6.64. The summed E-state index contributed by atoms with van der Waals surface area (Å²) in [7, 11) is 0. The van der Waals surface area contributed by atoms with E-state index in [4.69, 9.17) is 9.47 Å². The van der Waals surface area contributed by atoms with Crippen molar-refractivity contribution >= 4 is 34.0 Å². The predicted molar refractivity (Wildman–Crippen MR) is 77.5 cm³/mol. The van der Waals surface area contributed by atoms with Crippen molar-refractivity contribution in [2.75, 3.05) is 13.2 Å². The molecule has 3 aromatic heterocycles. The van der Waals surface area contributed by atoms with Crippen LogP contribution in [0.15, 0.2) is 23.4 Å². The van der Waals surface area contributed by atoms with Gasteiger partial charge in [-0.05, 0) is 0 Å². The first kappa shape index (κ1) is 11.4. The molecule has 0 fully saturated rings. The zero-order valence-electron chi connectivity index (χ0n) is 9.66. The van der Waals surface area contributed by atoms with Crippen LogP contribution in [0.2, 0.25) is 0 Å². The number of ether oxygens (including phenoxy) is 2. The van der Waals surface area contributed by atoms with Gasteiger partial charge in [0.05, 0.1) is 30.5 Å². The first-order valence-electron chi connectivity index (χ1n) is 5.63. The van der Waals surface area contributed by atoms with Crippen LogP contribution in [0.4, 0.5) is 0 Å². The highest BCUT2D eigenvalue weighted by Gasteiger charge is 2.27. The van der Waals surface area contributed by atoms with Crippen molar-refractivity contribution in [2.45, 2.75) is 0 Å². The fraction of sp³-hybridized carbons (Fsp3) is 0.167. The Bertz CT molecular complexity index is 630. The number of fused-ring (bicyclic) bond motifs is 1. The number of rotatable bonds is 2. The lowest BCUT2D eigenvalue weighted by Crippen LogP contribution is -2.14. The second-order valence-electron chi connectivity index (χ2n) is 3.85. The molecule has 0 bridgehead atoms. The van der Waals surface area contributed by atoms with Crippen LogP contribution in [-0.4, -0.2) is 23.2 Å². The van der Waals surface area contributed by atoms with Crippen LogP contribution in [-0.2, 0) is 0 Å². The van der Waals surface area contributed by atoms with Gasteiger partial charge in [0.25, 0.3) is 0 Å². The van der Waals surface area contributed by atoms with Gasteiger partial charge in [0.2, 0.25) is 0 Å². The lowest BCUT2D eigenvalue weighted by atomic mass is 10.3. The maximum absolute atomic E-state index is 5.81. The number of hydrogen-bond acceptors (Lipinski definition) is 7. The van der Waals surface area contributed by atoms with Crippen molar-refractivity contribution in [3.63, 3.8) is 0 Å². The van der Waals surface area contributed by atoms with E-state index in [9.17, 15) is 0 Å². The van der Waals surface area contributed by atoms with Gasteiger partial charge in [0.15, 0.2) is 11.5 Å². The number of aromatic nitrogens is 2. The summed E-state index contributed by atoms with van der Waals surface area (Å²) in [4.78, 5) is 12.7. The van der Waals surface area contributed by atoms with Crippen molar-refractivity contribution in [3.05, 3.63) is 23.4 Å². The summed E-state index contributed by atoms with van der Waals surface area (Å²) in [5.41, 5.74) is 3.66. The molecular weight excluding hydrogens is 300 g/mol. The van der Waals surface area contributed by atoms with Crippen LogP contribution in [0.25, 0.3) is 19.5 Å². The molecule has 4 nitrogen and oxygen atoms in total. The summed E-state index contributed by atoms with van der Waals surface area (Å²) in [6.45, 7) is 1.19. The molecule has 96 valence electrons. The van der Waals surface area contributed by atoms with E-state index in [0.29, 0.717) is 13.2 Å². The molecule has 3 aromatic rings. The highest BCUT2D eigenvalue weighted by molar-refractivity contribution is 7.26. The summed E-state index contributed by atoms with van der Waals surface area (Å²) in [5.74, 6) is 1.70. The maximum Gasteiger partial charge on any atom is 0.181 e. The van der Waals surface area contributed by atoms with Gasteiger partial charge >= 0.3 is 0 Å². The predicted octanol–water partition coefficient (Wildman–Crippen LogP) is 3.77. The summed E-state index contributed by atoms with van der Waals surface area (Å²) in [6.07, 6.45) is 3.73. The monoisotopic (exact) mass is 308 g/mol. The Hall–Kier alpha value is -1.44. The zero-order valence-corrected chi connectivity index (χ0v) is 12.1. The van der Waals surface area contributed by atoms with Crippen LogP contribution in [0.5, 0.6) is 11.5 Å². The minimum absolute atomic E-state index is 0.595. The Balaban J connectivity index is 1.93. The normalized spacial score (nSPS) is 13.7. The van der Waals surface area contributed by atoms with Crippen molar-refractivity contribution in [2.24, 2.45) is 0 Å². The van der Waals surface area contributed by atoms with Gasteiger partial charge in [0.1, 0.15) is 13.2 Å². The second kappa shape index (κ2) is 4.59. The number of thiazole rings is 2. The zero-order chi connectivity index (χ0) is 12.7. The Kier molecular flexibility index (Phi) is 2.75. The van der Waals surface area contributed by atoms with Crippen LogP contribution in [0, 0.1) is 0 Å². The van der Waals surface area contributed by atoms with Gasteiger partial charge in [-0.15, -0.1) is 34.0 Å². The van der Waals surface area contributed by atoms with Crippen LogP contribution in [0.3, 0.4) is 0 Å². The molecule has 4 heterocycles. The van der Waals surface area contributed by atoms with Gasteiger partial charge < -0.3 is 9.47 Å². The van der Waals surface area contributed by atoms with Crippen molar-refractivity contribution in [3.8, 4) is 31.0 Å². The molecule has 0 spiro atoms. The molecular formula is C12H8N2O2S3. The summed E-state index contributed by atoms with van der Waals surface area (Å²) in [6, 6.07) is 0. The third-order valence-electron chi connectivity index (χ3n) is 2.71. The molecule has 0 atom stereocenters. The van der Waals surface area contributed by atoms with E-state index in [1.165, 1.54) is 0 Å². The van der Waals surface area contributed by atoms with E-state index >= 15 is 0 Å². The molecule has 4 rings (SSSR count). The van der Waals surface area contributed by atoms with Crippen molar-refractivity contribution in [1.29, 1.82) is 0 Å². The average molecular weight is 308 g/mol. The molecule has 0 aliphatic carbocycles. The van der Waals surface area contributed by atoms with Gasteiger partial charge in [-0.1, -0.05) is 0 Å². The summed E-state index contributed by atoms with van der Waals surface area (Å²) >= 11 is 4.90. The quantitative estimate of drug-likeness (QED) is 0.723. The Morgan fingerprint density at radius 3 is 1.79 bits per heavy atom. The summed E-state index contributed by atoms with van der Waals surface area (Å²) < 4.78 is 11.6.